The fraction of sp³-hybridized carbons (Fsp3) is 0.182. The van der Waals surface area contributed by atoms with Crippen molar-refractivity contribution in [1.29, 1.82) is 0 Å². The Balaban J connectivity index is 2.57. The first-order chi connectivity index (χ1) is 7.48. The van der Waals surface area contributed by atoms with Gasteiger partial charge >= 0.3 is 0 Å². The molecule has 0 aliphatic heterocycles. The van der Waals surface area contributed by atoms with Crippen molar-refractivity contribution in [2.75, 3.05) is 6.26 Å². The summed E-state index contributed by atoms with van der Waals surface area (Å²) in [6.07, 6.45) is 1.18. The molecule has 0 spiro atoms. The van der Waals surface area contributed by atoms with Crippen molar-refractivity contribution >= 4 is 21.2 Å². The number of aromatic nitrogens is 1. The Morgan fingerprint density at radius 2 is 1.81 bits per heavy atom. The highest BCUT2D eigenvalue weighted by Crippen LogP contribution is 2.29. The van der Waals surface area contributed by atoms with Crippen LogP contribution in [0.1, 0.15) is 4.88 Å². The van der Waals surface area contributed by atoms with E-state index in [1.54, 1.807) is 0 Å². The van der Waals surface area contributed by atoms with E-state index in [0.717, 1.165) is 16.1 Å². The smallest absolute Gasteiger partial charge is 0.209 e. The van der Waals surface area contributed by atoms with Crippen LogP contribution in [-0.4, -0.2) is 19.7 Å². The first-order valence-corrected chi connectivity index (χ1v) is 7.42. The molecule has 0 amide bonds. The van der Waals surface area contributed by atoms with Crippen LogP contribution in [0.3, 0.4) is 0 Å². The molecular formula is C11H11NO2S2. The topological polar surface area (TPSA) is 47.0 Å². The van der Waals surface area contributed by atoms with E-state index in [1.807, 2.05) is 37.3 Å². The molecule has 5 heteroatoms. The average molecular weight is 253 g/mol. The first kappa shape index (κ1) is 11.3. The van der Waals surface area contributed by atoms with Gasteiger partial charge < -0.3 is 0 Å². The van der Waals surface area contributed by atoms with Crippen molar-refractivity contribution in [3.8, 4) is 11.3 Å². The quantitative estimate of drug-likeness (QED) is 0.826. The van der Waals surface area contributed by atoms with Gasteiger partial charge in [0.05, 0.1) is 5.69 Å². The summed E-state index contributed by atoms with van der Waals surface area (Å²) in [4.78, 5) is 5.10. The Morgan fingerprint density at radius 1 is 1.19 bits per heavy atom. The average Bonchev–Trinajstić information content (AvgIpc) is 2.61. The molecule has 0 atom stereocenters. The molecule has 1 aromatic carbocycles. The van der Waals surface area contributed by atoms with Crippen molar-refractivity contribution in [1.82, 2.24) is 4.98 Å². The zero-order valence-electron chi connectivity index (χ0n) is 8.97. The molecule has 84 valence electrons. The lowest BCUT2D eigenvalue weighted by Crippen LogP contribution is -1.95. The van der Waals surface area contributed by atoms with E-state index in [9.17, 15) is 8.42 Å². The summed E-state index contributed by atoms with van der Waals surface area (Å²) in [5.74, 6) is 0. The van der Waals surface area contributed by atoms with Crippen LogP contribution in [-0.2, 0) is 9.84 Å². The Hall–Kier alpha value is -1.20. The normalized spacial score (nSPS) is 11.6. The minimum atomic E-state index is -3.21. The van der Waals surface area contributed by atoms with Crippen LogP contribution in [0.25, 0.3) is 11.3 Å². The van der Waals surface area contributed by atoms with Gasteiger partial charge in [-0.25, -0.2) is 13.4 Å². The molecule has 1 heterocycles. The highest BCUT2D eigenvalue weighted by Gasteiger charge is 2.16. The molecule has 1 aromatic heterocycles. The van der Waals surface area contributed by atoms with Crippen molar-refractivity contribution in [2.24, 2.45) is 0 Å². The van der Waals surface area contributed by atoms with Crippen LogP contribution >= 0.6 is 11.3 Å². The number of nitrogens with zero attached hydrogens (tertiary/aromatic N) is 1. The second-order valence-electron chi connectivity index (χ2n) is 3.52. The molecular weight excluding hydrogens is 242 g/mol. The van der Waals surface area contributed by atoms with E-state index in [-0.39, 0.29) is 4.34 Å². The van der Waals surface area contributed by atoms with Crippen molar-refractivity contribution in [3.05, 3.63) is 35.2 Å². The van der Waals surface area contributed by atoms with Crippen LogP contribution in [0.4, 0.5) is 0 Å². The monoisotopic (exact) mass is 253 g/mol. The summed E-state index contributed by atoms with van der Waals surface area (Å²) < 4.78 is 22.9. The van der Waals surface area contributed by atoms with Gasteiger partial charge in [0.2, 0.25) is 14.2 Å². The number of benzene rings is 1. The number of sulfone groups is 1. The van der Waals surface area contributed by atoms with Gasteiger partial charge in [0.25, 0.3) is 0 Å². The molecule has 0 fully saturated rings. The summed E-state index contributed by atoms with van der Waals surface area (Å²) in [5.41, 5.74) is 1.71. The SMILES string of the molecule is Cc1sc(S(C)(=O)=O)nc1-c1ccccc1. The lowest BCUT2D eigenvalue weighted by Gasteiger charge is -1.96. The third kappa shape index (κ3) is 2.15. The second-order valence-corrected chi connectivity index (χ2v) is 6.92. The van der Waals surface area contributed by atoms with Gasteiger partial charge in [-0.1, -0.05) is 30.3 Å². The van der Waals surface area contributed by atoms with E-state index < -0.39 is 9.84 Å². The Kier molecular flexibility index (Phi) is 2.82. The Bertz CT molecular complexity index is 600. The van der Waals surface area contributed by atoms with Gasteiger partial charge in [0.1, 0.15) is 0 Å². The van der Waals surface area contributed by atoms with Crippen molar-refractivity contribution in [3.63, 3.8) is 0 Å². The lowest BCUT2D eigenvalue weighted by atomic mass is 10.1. The predicted octanol–water partition coefficient (Wildman–Crippen LogP) is 2.52. The lowest BCUT2D eigenvalue weighted by molar-refractivity contribution is 0.601. The molecule has 0 saturated heterocycles. The third-order valence-corrected chi connectivity index (χ3v) is 4.79. The van der Waals surface area contributed by atoms with Crippen molar-refractivity contribution < 1.29 is 8.42 Å². The van der Waals surface area contributed by atoms with Gasteiger partial charge in [0.15, 0.2) is 0 Å². The molecule has 0 radical (unpaired) electrons. The maximum Gasteiger partial charge on any atom is 0.209 e. The van der Waals surface area contributed by atoms with E-state index in [4.69, 9.17) is 0 Å². The number of rotatable bonds is 2. The van der Waals surface area contributed by atoms with Gasteiger partial charge in [-0.3, -0.25) is 0 Å². The third-order valence-electron chi connectivity index (χ3n) is 2.14. The standard InChI is InChI=1S/C11H11NO2S2/c1-8-10(9-6-4-3-5-7-9)12-11(15-8)16(2,13)14/h3-7H,1-2H3. The zero-order chi connectivity index (χ0) is 11.8. The van der Waals surface area contributed by atoms with Crippen LogP contribution in [0.15, 0.2) is 34.7 Å². The highest BCUT2D eigenvalue weighted by molar-refractivity contribution is 7.92. The number of hydrogen-bond acceptors (Lipinski definition) is 4. The van der Waals surface area contributed by atoms with E-state index in [2.05, 4.69) is 4.98 Å². The van der Waals surface area contributed by atoms with Crippen LogP contribution in [0.5, 0.6) is 0 Å². The fourth-order valence-electron chi connectivity index (χ4n) is 1.39. The minimum Gasteiger partial charge on any atom is -0.225 e. The second kappa shape index (κ2) is 3.99. The van der Waals surface area contributed by atoms with Gasteiger partial charge in [-0.2, -0.15) is 0 Å². The zero-order valence-corrected chi connectivity index (χ0v) is 10.6. The molecule has 0 saturated carbocycles. The summed E-state index contributed by atoms with van der Waals surface area (Å²) in [7, 11) is -3.21. The van der Waals surface area contributed by atoms with Crippen LogP contribution in [0, 0.1) is 6.92 Å². The van der Waals surface area contributed by atoms with E-state index >= 15 is 0 Å². The molecule has 3 nitrogen and oxygen atoms in total. The van der Waals surface area contributed by atoms with E-state index in [1.165, 1.54) is 17.6 Å². The molecule has 16 heavy (non-hydrogen) atoms. The molecule has 0 unspecified atom stereocenters. The first-order valence-electron chi connectivity index (χ1n) is 4.71. The van der Waals surface area contributed by atoms with Crippen molar-refractivity contribution in [2.45, 2.75) is 11.3 Å². The number of hydrogen-bond donors (Lipinski definition) is 0. The Labute approximate surface area is 98.7 Å². The fourth-order valence-corrected chi connectivity index (χ4v) is 3.29. The summed E-state index contributed by atoms with van der Waals surface area (Å²) in [5, 5.41) is 0. The molecule has 0 N–H and O–H groups in total. The molecule has 0 bridgehead atoms. The maximum atomic E-state index is 11.4. The molecule has 0 aliphatic carbocycles. The minimum absolute atomic E-state index is 0.184. The van der Waals surface area contributed by atoms with E-state index in [0.29, 0.717) is 0 Å². The van der Waals surface area contributed by atoms with Crippen LogP contribution in [0.2, 0.25) is 0 Å². The maximum absolute atomic E-state index is 11.4. The summed E-state index contributed by atoms with van der Waals surface area (Å²) >= 11 is 1.22. The molecule has 0 aliphatic rings. The van der Waals surface area contributed by atoms with Crippen LogP contribution < -0.4 is 0 Å². The molecule has 2 rings (SSSR count). The predicted molar refractivity (Wildman–Crippen MR) is 65.4 cm³/mol. The van der Waals surface area contributed by atoms with Gasteiger partial charge in [-0.05, 0) is 6.92 Å². The largest absolute Gasteiger partial charge is 0.225 e. The Morgan fingerprint density at radius 3 is 2.31 bits per heavy atom. The summed E-state index contributed by atoms with van der Waals surface area (Å²) in [6, 6.07) is 9.59. The highest BCUT2D eigenvalue weighted by atomic mass is 32.2. The number of aryl methyl sites for hydroxylation is 1. The number of thiazole rings is 1. The van der Waals surface area contributed by atoms with Gasteiger partial charge in [0, 0.05) is 16.7 Å². The summed E-state index contributed by atoms with van der Waals surface area (Å²) in [6.45, 7) is 1.88. The van der Waals surface area contributed by atoms with Gasteiger partial charge in [-0.15, -0.1) is 11.3 Å². The molecule has 2 aromatic rings.